The zero-order valence-corrected chi connectivity index (χ0v) is 15.9. The third kappa shape index (κ3) is 4.80. The summed E-state index contributed by atoms with van der Waals surface area (Å²) in [6.07, 6.45) is 1.96. The van der Waals surface area contributed by atoms with Crippen molar-refractivity contribution in [2.24, 2.45) is 5.41 Å². The van der Waals surface area contributed by atoms with Crippen molar-refractivity contribution in [3.63, 3.8) is 0 Å². The predicted molar refractivity (Wildman–Crippen MR) is 101 cm³/mol. The fourth-order valence-electron chi connectivity index (χ4n) is 2.48. The fourth-order valence-corrected chi connectivity index (χ4v) is 3.70. The van der Waals surface area contributed by atoms with Gasteiger partial charge in [0, 0.05) is 29.1 Å². The Hall–Kier alpha value is -1.92. The van der Waals surface area contributed by atoms with Crippen molar-refractivity contribution in [3.8, 4) is 0 Å². The van der Waals surface area contributed by atoms with Crippen LogP contribution in [0.25, 0.3) is 10.1 Å². The van der Waals surface area contributed by atoms with Crippen LogP contribution in [0.2, 0.25) is 0 Å². The van der Waals surface area contributed by atoms with Gasteiger partial charge in [0.15, 0.2) is 0 Å². The van der Waals surface area contributed by atoms with Crippen LogP contribution in [0.3, 0.4) is 0 Å². The summed E-state index contributed by atoms with van der Waals surface area (Å²) in [7, 11) is 0. The first-order valence-electron chi connectivity index (χ1n) is 8.71. The van der Waals surface area contributed by atoms with Gasteiger partial charge in [-0.3, -0.25) is 4.79 Å². The van der Waals surface area contributed by atoms with Crippen molar-refractivity contribution in [3.05, 3.63) is 35.2 Å². The number of carbonyl (C=O) groups is 2. The Labute approximate surface area is 152 Å². The van der Waals surface area contributed by atoms with Crippen molar-refractivity contribution >= 4 is 33.3 Å². The molecule has 0 fully saturated rings. The molecule has 136 valence electrons. The van der Waals surface area contributed by atoms with Crippen LogP contribution in [-0.4, -0.2) is 25.0 Å². The SMILES string of the molecule is CCCNOC(=O)C(C)(Cc1cc2ccccc2s1)C(=O)NCCC. The van der Waals surface area contributed by atoms with Crippen LogP contribution in [0, 0.1) is 5.41 Å². The van der Waals surface area contributed by atoms with E-state index in [9.17, 15) is 9.59 Å². The third-order valence-electron chi connectivity index (χ3n) is 4.01. The average molecular weight is 362 g/mol. The van der Waals surface area contributed by atoms with Crippen molar-refractivity contribution in [2.75, 3.05) is 13.1 Å². The number of carbonyl (C=O) groups excluding carboxylic acids is 2. The maximum Gasteiger partial charge on any atom is 0.340 e. The number of hydroxylamine groups is 1. The molecule has 0 spiro atoms. The molecule has 0 bridgehead atoms. The van der Waals surface area contributed by atoms with Gasteiger partial charge in [0.05, 0.1) is 0 Å². The molecule has 2 rings (SSSR count). The lowest BCUT2D eigenvalue weighted by Gasteiger charge is -2.25. The molecule has 2 N–H and O–H groups in total. The molecule has 1 amide bonds. The molecule has 6 heteroatoms. The first kappa shape index (κ1) is 19.4. The Morgan fingerprint density at radius 3 is 2.56 bits per heavy atom. The molecular weight excluding hydrogens is 336 g/mol. The number of thiophene rings is 1. The lowest BCUT2D eigenvalue weighted by molar-refractivity contribution is -0.166. The van der Waals surface area contributed by atoms with Crippen LogP contribution < -0.4 is 10.8 Å². The monoisotopic (exact) mass is 362 g/mol. The molecule has 0 radical (unpaired) electrons. The minimum Gasteiger partial charge on any atom is -0.370 e. The second kappa shape index (κ2) is 8.97. The average Bonchev–Trinajstić information content (AvgIpc) is 3.01. The van der Waals surface area contributed by atoms with Crippen LogP contribution >= 0.6 is 11.3 Å². The van der Waals surface area contributed by atoms with Gasteiger partial charge in [-0.25, -0.2) is 4.79 Å². The zero-order chi connectivity index (χ0) is 18.3. The molecule has 0 saturated heterocycles. The molecule has 1 atom stereocenters. The van der Waals surface area contributed by atoms with Gasteiger partial charge in [0.2, 0.25) is 5.91 Å². The third-order valence-corrected chi connectivity index (χ3v) is 5.12. The van der Waals surface area contributed by atoms with Gasteiger partial charge in [0.25, 0.3) is 0 Å². The first-order chi connectivity index (χ1) is 12.0. The highest BCUT2D eigenvalue weighted by atomic mass is 32.1. The topological polar surface area (TPSA) is 67.4 Å². The van der Waals surface area contributed by atoms with Gasteiger partial charge in [-0.15, -0.1) is 11.3 Å². The van der Waals surface area contributed by atoms with E-state index in [1.165, 1.54) is 0 Å². The molecule has 1 unspecified atom stereocenters. The highest BCUT2D eigenvalue weighted by Crippen LogP contribution is 2.32. The number of benzene rings is 1. The van der Waals surface area contributed by atoms with E-state index >= 15 is 0 Å². The Bertz CT molecular complexity index is 695. The number of hydrogen-bond acceptors (Lipinski definition) is 5. The number of fused-ring (bicyclic) bond motifs is 1. The van der Waals surface area contributed by atoms with Crippen LogP contribution in [-0.2, 0) is 20.8 Å². The van der Waals surface area contributed by atoms with E-state index in [1.807, 2.05) is 44.2 Å². The summed E-state index contributed by atoms with van der Waals surface area (Å²) in [5, 5.41) is 3.96. The van der Waals surface area contributed by atoms with Crippen molar-refractivity contribution in [1.29, 1.82) is 0 Å². The van der Waals surface area contributed by atoms with Crippen molar-refractivity contribution in [1.82, 2.24) is 10.8 Å². The molecule has 0 aliphatic rings. The second-order valence-electron chi connectivity index (χ2n) is 6.30. The van der Waals surface area contributed by atoms with E-state index in [2.05, 4.69) is 10.8 Å². The predicted octanol–water partition coefficient (Wildman–Crippen LogP) is 3.43. The second-order valence-corrected chi connectivity index (χ2v) is 7.47. The van der Waals surface area contributed by atoms with Crippen LogP contribution in [0.4, 0.5) is 0 Å². The van der Waals surface area contributed by atoms with Gasteiger partial charge in [-0.05, 0) is 37.3 Å². The van der Waals surface area contributed by atoms with E-state index < -0.39 is 11.4 Å². The molecule has 1 heterocycles. The summed E-state index contributed by atoms with van der Waals surface area (Å²) < 4.78 is 1.14. The van der Waals surface area contributed by atoms with Gasteiger partial charge in [-0.1, -0.05) is 32.0 Å². The van der Waals surface area contributed by atoms with E-state index in [-0.39, 0.29) is 5.91 Å². The maximum atomic E-state index is 12.7. The quantitative estimate of drug-likeness (QED) is 0.407. The van der Waals surface area contributed by atoms with E-state index in [1.54, 1.807) is 18.3 Å². The smallest absolute Gasteiger partial charge is 0.340 e. The molecule has 0 aliphatic carbocycles. The minimum atomic E-state index is -1.27. The fraction of sp³-hybridized carbons (Fsp3) is 0.474. The molecule has 5 nitrogen and oxygen atoms in total. The van der Waals surface area contributed by atoms with Gasteiger partial charge >= 0.3 is 5.97 Å². The van der Waals surface area contributed by atoms with Crippen molar-refractivity contribution < 1.29 is 14.4 Å². The van der Waals surface area contributed by atoms with Crippen LogP contribution in [0.1, 0.15) is 38.5 Å². The molecule has 25 heavy (non-hydrogen) atoms. The summed E-state index contributed by atoms with van der Waals surface area (Å²) in [5.74, 6) is -0.845. The summed E-state index contributed by atoms with van der Waals surface area (Å²) in [5.41, 5.74) is 1.37. The summed E-state index contributed by atoms with van der Waals surface area (Å²) >= 11 is 1.60. The Morgan fingerprint density at radius 1 is 1.16 bits per heavy atom. The molecular formula is C19H26N2O3S. The summed E-state index contributed by atoms with van der Waals surface area (Å²) in [6.45, 7) is 6.70. The summed E-state index contributed by atoms with van der Waals surface area (Å²) in [6, 6.07) is 10.1. The lowest BCUT2D eigenvalue weighted by Crippen LogP contribution is -2.48. The van der Waals surface area contributed by atoms with E-state index in [4.69, 9.17) is 4.84 Å². The number of rotatable bonds is 9. The number of amides is 1. The van der Waals surface area contributed by atoms with Gasteiger partial charge in [-0.2, -0.15) is 5.48 Å². The zero-order valence-electron chi connectivity index (χ0n) is 15.1. The van der Waals surface area contributed by atoms with E-state index in [0.717, 1.165) is 27.8 Å². The molecule has 2 aromatic rings. The number of hydrogen-bond donors (Lipinski definition) is 2. The van der Waals surface area contributed by atoms with Gasteiger partial charge < -0.3 is 10.2 Å². The molecule has 1 aromatic carbocycles. The molecule has 0 aliphatic heterocycles. The number of nitrogens with one attached hydrogen (secondary N) is 2. The summed E-state index contributed by atoms with van der Waals surface area (Å²) in [4.78, 5) is 31.4. The highest BCUT2D eigenvalue weighted by Gasteiger charge is 2.43. The van der Waals surface area contributed by atoms with E-state index in [0.29, 0.717) is 19.5 Å². The maximum absolute atomic E-state index is 12.7. The van der Waals surface area contributed by atoms with Crippen molar-refractivity contribution in [2.45, 2.75) is 40.0 Å². The van der Waals surface area contributed by atoms with Gasteiger partial charge in [0.1, 0.15) is 5.41 Å². The first-order valence-corrected chi connectivity index (χ1v) is 9.52. The van der Waals surface area contributed by atoms with Crippen LogP contribution in [0.15, 0.2) is 30.3 Å². The Morgan fingerprint density at radius 2 is 1.88 bits per heavy atom. The largest absolute Gasteiger partial charge is 0.370 e. The lowest BCUT2D eigenvalue weighted by atomic mass is 9.85. The Balaban J connectivity index is 2.22. The Kier molecular flexibility index (Phi) is 6.96. The normalized spacial score (nSPS) is 13.4. The molecule has 1 aromatic heterocycles. The standard InChI is InChI=1S/C19H26N2O3S/c1-4-10-20-17(22)19(3,18(23)24-21-11-5-2)13-15-12-14-8-6-7-9-16(14)25-15/h6-9,12,21H,4-5,10-11,13H2,1-3H3,(H,20,22). The molecule has 0 saturated carbocycles. The minimum absolute atomic E-state index is 0.296. The highest BCUT2D eigenvalue weighted by molar-refractivity contribution is 7.19. The van der Waals surface area contributed by atoms with Crippen LogP contribution in [0.5, 0.6) is 0 Å².